The van der Waals surface area contributed by atoms with Crippen LogP contribution in [0.3, 0.4) is 0 Å². The van der Waals surface area contributed by atoms with Gasteiger partial charge in [0, 0.05) is 17.0 Å². The highest BCUT2D eigenvalue weighted by atomic mass is 35.5. The zero-order valence-electron chi connectivity index (χ0n) is 12.6. The zero-order valence-corrected chi connectivity index (χ0v) is 14.3. The SMILES string of the molecule is Cc1ccc(-c2csc(NC(=O)C(C)NC3CC3)n2)cc1.Cl. The van der Waals surface area contributed by atoms with Gasteiger partial charge in [0.25, 0.3) is 0 Å². The molecule has 118 valence electrons. The van der Waals surface area contributed by atoms with E-state index in [4.69, 9.17) is 0 Å². The molecule has 3 rings (SSSR count). The van der Waals surface area contributed by atoms with Crippen molar-refractivity contribution in [1.82, 2.24) is 10.3 Å². The Morgan fingerprint density at radius 1 is 1.32 bits per heavy atom. The number of nitrogens with one attached hydrogen (secondary N) is 2. The van der Waals surface area contributed by atoms with Gasteiger partial charge in [-0.15, -0.1) is 23.7 Å². The minimum atomic E-state index is -0.177. The third-order valence-electron chi connectivity index (χ3n) is 3.54. The minimum absolute atomic E-state index is 0. The molecule has 0 aliphatic heterocycles. The highest BCUT2D eigenvalue weighted by Crippen LogP contribution is 2.25. The lowest BCUT2D eigenvalue weighted by Gasteiger charge is -2.11. The van der Waals surface area contributed by atoms with E-state index in [1.54, 1.807) is 0 Å². The van der Waals surface area contributed by atoms with Gasteiger partial charge >= 0.3 is 0 Å². The lowest BCUT2D eigenvalue weighted by molar-refractivity contribution is -0.117. The van der Waals surface area contributed by atoms with Crippen molar-refractivity contribution >= 4 is 34.8 Å². The molecule has 0 radical (unpaired) electrons. The number of halogens is 1. The summed E-state index contributed by atoms with van der Waals surface area (Å²) in [6, 6.07) is 8.57. The Morgan fingerprint density at radius 3 is 2.64 bits per heavy atom. The van der Waals surface area contributed by atoms with E-state index in [1.807, 2.05) is 24.4 Å². The summed E-state index contributed by atoms with van der Waals surface area (Å²) in [5.74, 6) is -0.0216. The maximum absolute atomic E-state index is 12.1. The maximum atomic E-state index is 12.1. The first kappa shape index (κ1) is 16.9. The van der Waals surface area contributed by atoms with E-state index in [0.717, 1.165) is 11.3 Å². The molecule has 0 bridgehead atoms. The van der Waals surface area contributed by atoms with E-state index >= 15 is 0 Å². The van der Waals surface area contributed by atoms with Crippen LogP contribution in [0, 0.1) is 6.92 Å². The fraction of sp³-hybridized carbons (Fsp3) is 0.375. The van der Waals surface area contributed by atoms with Gasteiger partial charge in [0.1, 0.15) is 0 Å². The third kappa shape index (κ3) is 4.29. The lowest BCUT2D eigenvalue weighted by atomic mass is 10.1. The number of aryl methyl sites for hydroxylation is 1. The number of aromatic nitrogens is 1. The van der Waals surface area contributed by atoms with Crippen LogP contribution < -0.4 is 10.6 Å². The van der Waals surface area contributed by atoms with Gasteiger partial charge in [0.15, 0.2) is 5.13 Å². The van der Waals surface area contributed by atoms with E-state index in [1.165, 1.54) is 29.7 Å². The number of benzene rings is 1. The summed E-state index contributed by atoms with van der Waals surface area (Å²) in [6.45, 7) is 3.95. The average molecular weight is 338 g/mol. The Kier molecular flexibility index (Phi) is 5.56. The van der Waals surface area contributed by atoms with Crippen molar-refractivity contribution in [2.24, 2.45) is 0 Å². The first-order valence-corrected chi connectivity index (χ1v) is 8.09. The van der Waals surface area contributed by atoms with E-state index < -0.39 is 0 Å². The van der Waals surface area contributed by atoms with Gasteiger partial charge in [-0.1, -0.05) is 29.8 Å². The number of hydrogen-bond acceptors (Lipinski definition) is 4. The number of carbonyl (C=O) groups excluding carboxylic acids is 1. The number of nitrogens with zero attached hydrogens (tertiary/aromatic N) is 1. The van der Waals surface area contributed by atoms with Crippen molar-refractivity contribution < 1.29 is 4.79 Å². The topological polar surface area (TPSA) is 54.0 Å². The highest BCUT2D eigenvalue weighted by Gasteiger charge is 2.25. The fourth-order valence-electron chi connectivity index (χ4n) is 2.08. The maximum Gasteiger partial charge on any atom is 0.243 e. The van der Waals surface area contributed by atoms with E-state index in [9.17, 15) is 4.79 Å². The standard InChI is InChI=1S/C16H19N3OS.ClH/c1-10-3-5-12(6-4-10)14-9-21-16(18-14)19-15(20)11(2)17-13-7-8-13;/h3-6,9,11,13,17H,7-8H2,1-2H3,(H,18,19,20);1H. The number of amides is 1. The minimum Gasteiger partial charge on any atom is -0.303 e. The molecule has 6 heteroatoms. The molecule has 22 heavy (non-hydrogen) atoms. The van der Waals surface area contributed by atoms with Crippen molar-refractivity contribution in [3.05, 3.63) is 35.2 Å². The fourth-order valence-corrected chi connectivity index (χ4v) is 2.80. The molecular formula is C16H20ClN3OS. The van der Waals surface area contributed by atoms with Crippen LogP contribution in [0.1, 0.15) is 25.3 Å². The molecule has 1 heterocycles. The molecule has 1 aromatic carbocycles. The largest absolute Gasteiger partial charge is 0.303 e. The lowest BCUT2D eigenvalue weighted by Crippen LogP contribution is -2.39. The molecule has 0 spiro atoms. The number of hydrogen-bond donors (Lipinski definition) is 2. The van der Waals surface area contributed by atoms with Crippen LogP contribution in [0.5, 0.6) is 0 Å². The van der Waals surface area contributed by atoms with Crippen molar-refractivity contribution in [2.75, 3.05) is 5.32 Å². The van der Waals surface area contributed by atoms with Crippen molar-refractivity contribution in [3.8, 4) is 11.3 Å². The van der Waals surface area contributed by atoms with Crippen LogP contribution in [0.15, 0.2) is 29.6 Å². The van der Waals surface area contributed by atoms with Crippen LogP contribution in [0.4, 0.5) is 5.13 Å². The molecule has 1 unspecified atom stereocenters. The predicted octanol–water partition coefficient (Wildman–Crippen LogP) is 3.62. The predicted molar refractivity (Wildman–Crippen MR) is 93.8 cm³/mol. The summed E-state index contributed by atoms with van der Waals surface area (Å²) < 4.78 is 0. The first-order chi connectivity index (χ1) is 10.1. The Morgan fingerprint density at radius 2 is 2.00 bits per heavy atom. The molecule has 2 N–H and O–H groups in total. The summed E-state index contributed by atoms with van der Waals surface area (Å²) >= 11 is 1.46. The molecule has 0 saturated heterocycles. The molecule has 1 aliphatic rings. The summed E-state index contributed by atoms with van der Waals surface area (Å²) in [5, 5.41) is 8.79. The quantitative estimate of drug-likeness (QED) is 0.876. The third-order valence-corrected chi connectivity index (χ3v) is 4.30. The molecule has 4 nitrogen and oxygen atoms in total. The van der Waals surface area contributed by atoms with E-state index in [2.05, 4.69) is 34.7 Å². The summed E-state index contributed by atoms with van der Waals surface area (Å²) in [4.78, 5) is 16.5. The normalized spacial score (nSPS) is 15.0. The number of thiazole rings is 1. The van der Waals surface area contributed by atoms with Crippen molar-refractivity contribution in [2.45, 2.75) is 38.8 Å². The molecule has 1 saturated carbocycles. The molecule has 1 fully saturated rings. The smallest absolute Gasteiger partial charge is 0.243 e. The van der Waals surface area contributed by atoms with Crippen LogP contribution in [-0.2, 0) is 4.79 Å². The summed E-state index contributed by atoms with van der Waals surface area (Å²) in [6.07, 6.45) is 2.35. The second kappa shape index (κ2) is 7.22. The van der Waals surface area contributed by atoms with Gasteiger partial charge in [-0.2, -0.15) is 0 Å². The monoisotopic (exact) mass is 337 g/mol. The van der Waals surface area contributed by atoms with Crippen molar-refractivity contribution in [1.29, 1.82) is 0 Å². The van der Waals surface area contributed by atoms with E-state index in [0.29, 0.717) is 11.2 Å². The number of rotatable bonds is 5. The Labute approximate surface area is 140 Å². The van der Waals surface area contributed by atoms with Crippen molar-refractivity contribution in [3.63, 3.8) is 0 Å². The Balaban J connectivity index is 0.00000176. The Bertz CT molecular complexity index is 637. The second-order valence-electron chi connectivity index (χ2n) is 5.56. The van der Waals surface area contributed by atoms with Gasteiger partial charge < -0.3 is 10.6 Å². The van der Waals surface area contributed by atoms with Crippen LogP contribution in [0.25, 0.3) is 11.3 Å². The van der Waals surface area contributed by atoms with Gasteiger partial charge in [-0.05, 0) is 26.7 Å². The van der Waals surface area contributed by atoms with E-state index in [-0.39, 0.29) is 24.4 Å². The molecule has 1 aromatic heterocycles. The average Bonchev–Trinajstić information content (AvgIpc) is 3.16. The highest BCUT2D eigenvalue weighted by molar-refractivity contribution is 7.14. The second-order valence-corrected chi connectivity index (χ2v) is 6.41. The van der Waals surface area contributed by atoms with Crippen LogP contribution >= 0.6 is 23.7 Å². The molecule has 2 aromatic rings. The summed E-state index contributed by atoms with van der Waals surface area (Å²) in [7, 11) is 0. The van der Waals surface area contributed by atoms with Gasteiger partial charge in [-0.25, -0.2) is 4.98 Å². The molecule has 1 aliphatic carbocycles. The van der Waals surface area contributed by atoms with Gasteiger partial charge in [-0.3, -0.25) is 4.79 Å². The Hall–Kier alpha value is -1.43. The van der Waals surface area contributed by atoms with Crippen LogP contribution in [-0.4, -0.2) is 23.0 Å². The molecule has 1 amide bonds. The molecule has 1 atom stereocenters. The number of carbonyl (C=O) groups is 1. The zero-order chi connectivity index (χ0) is 14.8. The first-order valence-electron chi connectivity index (χ1n) is 7.21. The van der Waals surface area contributed by atoms with Crippen LogP contribution in [0.2, 0.25) is 0 Å². The van der Waals surface area contributed by atoms with Gasteiger partial charge in [0.05, 0.1) is 11.7 Å². The molecular weight excluding hydrogens is 318 g/mol. The number of anilines is 1. The van der Waals surface area contributed by atoms with Gasteiger partial charge in [0.2, 0.25) is 5.91 Å². The summed E-state index contributed by atoms with van der Waals surface area (Å²) in [5.41, 5.74) is 3.20.